The summed E-state index contributed by atoms with van der Waals surface area (Å²) in [6.45, 7) is 0. The van der Waals surface area contributed by atoms with Crippen LogP contribution in [0.1, 0.15) is 36.4 Å². The molecule has 3 nitrogen and oxygen atoms in total. The van der Waals surface area contributed by atoms with E-state index in [0.717, 1.165) is 25.3 Å². The summed E-state index contributed by atoms with van der Waals surface area (Å²) < 4.78 is 38.4. The first-order valence-electron chi connectivity index (χ1n) is 6.89. The highest BCUT2D eigenvalue weighted by atomic mass is 19.4. The Kier molecular flexibility index (Phi) is 3.48. The van der Waals surface area contributed by atoms with Gasteiger partial charge in [0.25, 0.3) is 0 Å². The van der Waals surface area contributed by atoms with Crippen molar-refractivity contribution in [2.24, 2.45) is 11.7 Å². The Balaban J connectivity index is 1.86. The summed E-state index contributed by atoms with van der Waals surface area (Å²) in [4.78, 5) is 0. The van der Waals surface area contributed by atoms with E-state index in [1.807, 2.05) is 0 Å². The van der Waals surface area contributed by atoms with Crippen LogP contribution in [-0.4, -0.2) is 12.1 Å². The van der Waals surface area contributed by atoms with Gasteiger partial charge in [0.2, 0.25) is 0 Å². The molecule has 6 heteroatoms. The van der Waals surface area contributed by atoms with Crippen LogP contribution in [-0.2, 0) is 6.18 Å². The third kappa shape index (κ3) is 2.55. The normalized spacial score (nSPS) is 34.0. The van der Waals surface area contributed by atoms with Crippen molar-refractivity contribution in [1.82, 2.24) is 10.9 Å². The van der Waals surface area contributed by atoms with Gasteiger partial charge < -0.3 is 5.73 Å². The zero-order valence-electron chi connectivity index (χ0n) is 11.0. The molecule has 4 N–H and O–H groups in total. The van der Waals surface area contributed by atoms with Crippen molar-refractivity contribution in [2.75, 3.05) is 0 Å². The topological polar surface area (TPSA) is 50.1 Å². The van der Waals surface area contributed by atoms with Crippen LogP contribution in [0.3, 0.4) is 0 Å². The molecule has 2 aliphatic rings. The minimum atomic E-state index is -4.30. The Morgan fingerprint density at radius 1 is 1.15 bits per heavy atom. The van der Waals surface area contributed by atoms with E-state index in [-0.39, 0.29) is 18.0 Å². The summed E-state index contributed by atoms with van der Waals surface area (Å²) in [5, 5.41) is 0. The largest absolute Gasteiger partial charge is 0.416 e. The molecule has 1 saturated carbocycles. The van der Waals surface area contributed by atoms with Gasteiger partial charge in [-0.15, -0.1) is 0 Å². The number of rotatable bonds is 1. The van der Waals surface area contributed by atoms with Crippen molar-refractivity contribution in [3.63, 3.8) is 0 Å². The van der Waals surface area contributed by atoms with Crippen LogP contribution in [0.4, 0.5) is 13.2 Å². The molecule has 1 aromatic rings. The fourth-order valence-electron chi connectivity index (χ4n) is 3.33. The van der Waals surface area contributed by atoms with E-state index in [0.29, 0.717) is 11.6 Å². The number of halogens is 3. The van der Waals surface area contributed by atoms with E-state index >= 15 is 0 Å². The predicted molar refractivity (Wildman–Crippen MR) is 69.6 cm³/mol. The van der Waals surface area contributed by atoms with Crippen LogP contribution in [0.2, 0.25) is 0 Å². The average molecular weight is 285 g/mol. The molecule has 4 atom stereocenters. The summed E-state index contributed by atoms with van der Waals surface area (Å²) in [6.07, 6.45) is -1.53. The first kappa shape index (κ1) is 13.9. The number of alkyl halides is 3. The Morgan fingerprint density at radius 3 is 2.70 bits per heavy atom. The molecular formula is C14H18F3N3. The van der Waals surface area contributed by atoms with Gasteiger partial charge in [-0.1, -0.05) is 12.1 Å². The Morgan fingerprint density at radius 2 is 1.95 bits per heavy atom. The second kappa shape index (κ2) is 5.02. The van der Waals surface area contributed by atoms with Crippen molar-refractivity contribution >= 4 is 0 Å². The van der Waals surface area contributed by atoms with Gasteiger partial charge in [-0.25, -0.2) is 5.43 Å². The van der Waals surface area contributed by atoms with Gasteiger partial charge in [-0.05, 0) is 42.9 Å². The third-order valence-corrected chi connectivity index (χ3v) is 4.37. The molecule has 2 fully saturated rings. The van der Waals surface area contributed by atoms with E-state index in [2.05, 4.69) is 10.9 Å². The lowest BCUT2D eigenvalue weighted by Gasteiger charge is -2.31. The summed E-state index contributed by atoms with van der Waals surface area (Å²) in [6, 6.07) is 5.90. The van der Waals surface area contributed by atoms with Crippen LogP contribution in [0.15, 0.2) is 24.3 Å². The van der Waals surface area contributed by atoms with Crippen LogP contribution in [0.5, 0.6) is 0 Å². The Bertz CT molecular complexity index is 489. The molecule has 3 rings (SSSR count). The average Bonchev–Trinajstić information content (AvgIpc) is 2.81. The van der Waals surface area contributed by atoms with Gasteiger partial charge in [0.15, 0.2) is 0 Å². The maximum Gasteiger partial charge on any atom is 0.416 e. The molecular weight excluding hydrogens is 267 g/mol. The lowest BCUT2D eigenvalue weighted by Crippen LogP contribution is -2.39. The van der Waals surface area contributed by atoms with Crippen molar-refractivity contribution < 1.29 is 13.2 Å². The maximum absolute atomic E-state index is 12.8. The van der Waals surface area contributed by atoms with E-state index in [9.17, 15) is 13.2 Å². The number of hydrazine groups is 1. The minimum absolute atomic E-state index is 0.103. The quantitative estimate of drug-likeness (QED) is 0.742. The first-order valence-corrected chi connectivity index (χ1v) is 6.89. The van der Waals surface area contributed by atoms with Crippen LogP contribution in [0.25, 0.3) is 0 Å². The van der Waals surface area contributed by atoms with Crippen molar-refractivity contribution in [1.29, 1.82) is 0 Å². The summed E-state index contributed by atoms with van der Waals surface area (Å²) in [7, 11) is 0. The molecule has 110 valence electrons. The van der Waals surface area contributed by atoms with E-state index < -0.39 is 11.7 Å². The molecule has 1 aliphatic heterocycles. The first-order chi connectivity index (χ1) is 9.45. The van der Waals surface area contributed by atoms with Crippen LogP contribution in [0, 0.1) is 5.92 Å². The lowest BCUT2D eigenvalue weighted by molar-refractivity contribution is -0.137. The molecule has 20 heavy (non-hydrogen) atoms. The highest BCUT2D eigenvalue weighted by Crippen LogP contribution is 2.39. The van der Waals surface area contributed by atoms with Crippen LogP contribution >= 0.6 is 0 Å². The monoisotopic (exact) mass is 285 g/mol. The smallest absolute Gasteiger partial charge is 0.328 e. The third-order valence-electron chi connectivity index (χ3n) is 4.37. The number of nitrogens with one attached hydrogen (secondary N) is 2. The molecule has 1 saturated heterocycles. The molecule has 1 aliphatic carbocycles. The van der Waals surface area contributed by atoms with E-state index in [4.69, 9.17) is 5.73 Å². The molecule has 0 aromatic heterocycles. The summed E-state index contributed by atoms with van der Waals surface area (Å²) in [5.41, 5.74) is 12.4. The number of nitrogens with two attached hydrogens (primary N) is 1. The Hall–Kier alpha value is -1.11. The second-order valence-electron chi connectivity index (χ2n) is 5.73. The SMILES string of the molecule is NC1CCC2NNC(c3cccc(C(F)(F)F)c3)C2C1. The fraction of sp³-hybridized carbons (Fsp3) is 0.571. The highest BCUT2D eigenvalue weighted by molar-refractivity contribution is 5.29. The number of hydrogen-bond acceptors (Lipinski definition) is 3. The van der Waals surface area contributed by atoms with Gasteiger partial charge in [0.1, 0.15) is 0 Å². The molecule has 0 amide bonds. The van der Waals surface area contributed by atoms with E-state index in [1.54, 1.807) is 6.07 Å². The molecule has 4 unspecified atom stereocenters. The highest BCUT2D eigenvalue weighted by Gasteiger charge is 2.40. The van der Waals surface area contributed by atoms with Gasteiger partial charge in [0.05, 0.1) is 11.6 Å². The van der Waals surface area contributed by atoms with E-state index in [1.165, 1.54) is 12.1 Å². The van der Waals surface area contributed by atoms with Crippen molar-refractivity contribution in [2.45, 2.75) is 43.6 Å². The minimum Gasteiger partial charge on any atom is -0.328 e. The fourth-order valence-corrected chi connectivity index (χ4v) is 3.33. The summed E-state index contributed by atoms with van der Waals surface area (Å²) in [5.74, 6) is 0.252. The molecule has 0 radical (unpaired) electrons. The number of fused-ring (bicyclic) bond motifs is 1. The van der Waals surface area contributed by atoms with Gasteiger partial charge >= 0.3 is 6.18 Å². The maximum atomic E-state index is 12.8. The standard InChI is InChI=1S/C14H18F3N3/c15-14(16,17)9-3-1-2-8(6-9)13-11-7-10(18)4-5-12(11)19-20-13/h1-3,6,10-13,19-20H,4-5,7,18H2. The number of hydrogen-bond donors (Lipinski definition) is 3. The summed E-state index contributed by atoms with van der Waals surface area (Å²) >= 11 is 0. The van der Waals surface area contributed by atoms with Crippen molar-refractivity contribution in [3.8, 4) is 0 Å². The molecule has 1 aromatic carbocycles. The van der Waals surface area contributed by atoms with Crippen molar-refractivity contribution in [3.05, 3.63) is 35.4 Å². The van der Waals surface area contributed by atoms with Gasteiger partial charge in [0, 0.05) is 12.1 Å². The second-order valence-corrected chi connectivity index (χ2v) is 5.73. The zero-order valence-corrected chi connectivity index (χ0v) is 11.0. The van der Waals surface area contributed by atoms with Crippen LogP contribution < -0.4 is 16.6 Å². The Labute approximate surface area is 115 Å². The zero-order chi connectivity index (χ0) is 14.3. The number of benzene rings is 1. The predicted octanol–water partition coefficient (Wildman–Crippen LogP) is 2.35. The molecule has 1 heterocycles. The lowest BCUT2D eigenvalue weighted by atomic mass is 9.77. The van der Waals surface area contributed by atoms with Gasteiger partial charge in [-0.2, -0.15) is 13.2 Å². The molecule has 0 spiro atoms. The molecule has 0 bridgehead atoms. The van der Waals surface area contributed by atoms with Gasteiger partial charge in [-0.3, -0.25) is 5.43 Å².